The van der Waals surface area contributed by atoms with Gasteiger partial charge in [0.2, 0.25) is 0 Å². The monoisotopic (exact) mass is 408 g/mol. The van der Waals surface area contributed by atoms with Crippen LogP contribution in [0.1, 0.15) is 11.1 Å². The molecule has 30 heavy (non-hydrogen) atoms. The van der Waals surface area contributed by atoms with Crippen LogP contribution in [0.15, 0.2) is 48.5 Å². The smallest absolute Gasteiger partial charge is 0.257 e. The molecule has 0 saturated carbocycles. The first-order valence-electron chi connectivity index (χ1n) is 10.1. The number of amides is 1. The summed E-state index contributed by atoms with van der Waals surface area (Å²) in [4.78, 5) is 16.9. The van der Waals surface area contributed by atoms with Gasteiger partial charge in [0, 0.05) is 51.9 Å². The van der Waals surface area contributed by atoms with Crippen LogP contribution < -0.4 is 14.8 Å². The summed E-state index contributed by atoms with van der Waals surface area (Å²) in [6, 6.07) is 17.4. The van der Waals surface area contributed by atoms with E-state index in [1.807, 2.05) is 12.1 Å². The van der Waals surface area contributed by atoms with Gasteiger partial charge in [-0.25, -0.2) is 0 Å². The summed E-state index contributed by atoms with van der Waals surface area (Å²) in [5, 5.41) is 11.8. The van der Waals surface area contributed by atoms with Crippen molar-refractivity contribution in [3.05, 3.63) is 59.7 Å². The molecule has 0 radical (unpaired) electrons. The predicted molar refractivity (Wildman–Crippen MR) is 114 cm³/mol. The van der Waals surface area contributed by atoms with E-state index in [0.29, 0.717) is 23.6 Å². The lowest BCUT2D eigenvalue weighted by Gasteiger charge is -2.34. The summed E-state index contributed by atoms with van der Waals surface area (Å²) < 4.78 is 10.7. The molecule has 1 N–H and O–H groups in total. The fraction of sp³-hybridized carbons (Fsp3) is 0.391. The number of hydrogen-bond acceptors (Lipinski definition) is 6. The van der Waals surface area contributed by atoms with Crippen LogP contribution in [-0.2, 0) is 11.3 Å². The molecule has 1 saturated heterocycles. The Morgan fingerprint density at radius 1 is 1.07 bits per heavy atom. The lowest BCUT2D eigenvalue weighted by Crippen LogP contribution is -2.48. The van der Waals surface area contributed by atoms with Crippen molar-refractivity contribution < 1.29 is 14.3 Å². The van der Waals surface area contributed by atoms with E-state index >= 15 is 0 Å². The molecule has 1 aliphatic heterocycles. The van der Waals surface area contributed by atoms with Crippen molar-refractivity contribution in [2.75, 3.05) is 53.0 Å². The Balaban J connectivity index is 1.32. The molecule has 0 aromatic heterocycles. The van der Waals surface area contributed by atoms with Crippen LogP contribution in [0.4, 0.5) is 0 Å². The number of nitriles is 1. The number of nitrogens with zero attached hydrogens (tertiary/aromatic N) is 3. The summed E-state index contributed by atoms with van der Waals surface area (Å²) in [5.41, 5.74) is 1.82. The van der Waals surface area contributed by atoms with E-state index in [2.05, 4.69) is 39.4 Å². The van der Waals surface area contributed by atoms with Gasteiger partial charge in [-0.1, -0.05) is 30.3 Å². The van der Waals surface area contributed by atoms with Crippen LogP contribution in [0.2, 0.25) is 0 Å². The van der Waals surface area contributed by atoms with Gasteiger partial charge in [-0.2, -0.15) is 5.26 Å². The van der Waals surface area contributed by atoms with Crippen LogP contribution in [0, 0.1) is 11.3 Å². The number of benzene rings is 2. The highest BCUT2D eigenvalue weighted by molar-refractivity contribution is 5.77. The molecule has 1 amide bonds. The molecule has 1 heterocycles. The van der Waals surface area contributed by atoms with E-state index in [-0.39, 0.29) is 12.5 Å². The quantitative estimate of drug-likeness (QED) is 0.683. The van der Waals surface area contributed by atoms with Crippen LogP contribution >= 0.6 is 0 Å². The number of methoxy groups -OCH3 is 1. The van der Waals surface area contributed by atoms with Gasteiger partial charge in [-0.3, -0.25) is 14.6 Å². The Morgan fingerprint density at radius 3 is 2.50 bits per heavy atom. The fourth-order valence-electron chi connectivity index (χ4n) is 3.42. The highest BCUT2D eigenvalue weighted by Gasteiger charge is 2.17. The van der Waals surface area contributed by atoms with Crippen molar-refractivity contribution in [2.24, 2.45) is 0 Å². The Hall–Kier alpha value is -3.08. The van der Waals surface area contributed by atoms with Crippen molar-refractivity contribution in [3.63, 3.8) is 0 Å². The summed E-state index contributed by atoms with van der Waals surface area (Å²) in [6.07, 6.45) is 0. The van der Waals surface area contributed by atoms with Gasteiger partial charge >= 0.3 is 0 Å². The Labute approximate surface area is 177 Å². The van der Waals surface area contributed by atoms with E-state index < -0.39 is 0 Å². The molecular weight excluding hydrogens is 380 g/mol. The third-order valence-corrected chi connectivity index (χ3v) is 5.12. The number of carbonyl (C=O) groups is 1. The topological polar surface area (TPSA) is 77.8 Å². The zero-order valence-electron chi connectivity index (χ0n) is 17.3. The molecular formula is C23H28N4O3. The third kappa shape index (κ3) is 6.48. The molecule has 0 aliphatic carbocycles. The number of rotatable bonds is 9. The highest BCUT2D eigenvalue weighted by atomic mass is 16.5. The molecule has 7 heteroatoms. The average Bonchev–Trinajstić information content (AvgIpc) is 2.79. The molecule has 1 fully saturated rings. The first-order valence-corrected chi connectivity index (χ1v) is 10.1. The lowest BCUT2D eigenvalue weighted by atomic mass is 10.2. The normalized spacial score (nSPS) is 14.7. The van der Waals surface area contributed by atoms with Gasteiger partial charge in [0.25, 0.3) is 5.91 Å². The van der Waals surface area contributed by atoms with Crippen molar-refractivity contribution in [2.45, 2.75) is 6.54 Å². The van der Waals surface area contributed by atoms with Crippen molar-refractivity contribution in [1.29, 1.82) is 5.26 Å². The van der Waals surface area contributed by atoms with Crippen molar-refractivity contribution >= 4 is 5.91 Å². The Kier molecular flexibility index (Phi) is 8.07. The predicted octanol–water partition coefficient (Wildman–Crippen LogP) is 1.88. The zero-order valence-corrected chi connectivity index (χ0v) is 17.3. The van der Waals surface area contributed by atoms with Gasteiger partial charge in [-0.05, 0) is 17.7 Å². The van der Waals surface area contributed by atoms with Gasteiger partial charge in [0.05, 0.1) is 18.7 Å². The number of hydrogen-bond donors (Lipinski definition) is 1. The van der Waals surface area contributed by atoms with Crippen molar-refractivity contribution in [3.8, 4) is 17.6 Å². The molecule has 2 aromatic rings. The van der Waals surface area contributed by atoms with Gasteiger partial charge in [0.15, 0.2) is 18.1 Å². The second kappa shape index (κ2) is 11.2. The Morgan fingerprint density at radius 2 is 1.80 bits per heavy atom. The largest absolute Gasteiger partial charge is 0.493 e. The van der Waals surface area contributed by atoms with E-state index in [1.165, 1.54) is 12.7 Å². The maximum absolute atomic E-state index is 12.1. The summed E-state index contributed by atoms with van der Waals surface area (Å²) in [7, 11) is 1.50. The average molecular weight is 409 g/mol. The van der Waals surface area contributed by atoms with Crippen LogP contribution in [0.3, 0.4) is 0 Å². The third-order valence-electron chi connectivity index (χ3n) is 5.12. The summed E-state index contributed by atoms with van der Waals surface area (Å²) in [5.74, 6) is 0.709. The van der Waals surface area contributed by atoms with E-state index in [9.17, 15) is 4.79 Å². The maximum atomic E-state index is 12.1. The van der Waals surface area contributed by atoms with Crippen LogP contribution in [0.5, 0.6) is 11.5 Å². The van der Waals surface area contributed by atoms with Gasteiger partial charge in [-0.15, -0.1) is 0 Å². The second-order valence-electron chi connectivity index (χ2n) is 7.22. The number of carbonyl (C=O) groups excluding carboxylic acids is 1. The molecule has 1 aliphatic rings. The van der Waals surface area contributed by atoms with Gasteiger partial charge in [0.1, 0.15) is 0 Å². The molecule has 2 aromatic carbocycles. The van der Waals surface area contributed by atoms with Crippen LogP contribution in [-0.4, -0.2) is 68.7 Å². The molecule has 0 spiro atoms. The minimum atomic E-state index is -0.177. The summed E-state index contributed by atoms with van der Waals surface area (Å²) >= 11 is 0. The molecule has 158 valence electrons. The Bertz CT molecular complexity index is 858. The second-order valence-corrected chi connectivity index (χ2v) is 7.22. The molecule has 7 nitrogen and oxygen atoms in total. The number of piperazine rings is 1. The van der Waals surface area contributed by atoms with Gasteiger partial charge < -0.3 is 14.8 Å². The fourth-order valence-corrected chi connectivity index (χ4v) is 3.42. The molecule has 0 unspecified atom stereocenters. The zero-order chi connectivity index (χ0) is 21.2. The van der Waals surface area contributed by atoms with E-state index in [0.717, 1.165) is 39.3 Å². The molecule has 0 atom stereocenters. The summed E-state index contributed by atoms with van der Waals surface area (Å²) in [6.45, 7) is 6.38. The van der Waals surface area contributed by atoms with E-state index in [4.69, 9.17) is 14.7 Å². The lowest BCUT2D eigenvalue weighted by molar-refractivity contribution is -0.123. The maximum Gasteiger partial charge on any atom is 0.257 e. The highest BCUT2D eigenvalue weighted by Crippen LogP contribution is 2.27. The first kappa shape index (κ1) is 21.6. The standard InChI is InChI=1S/C23H28N4O3/c1-29-22-15-20(16-24)7-8-21(22)30-18-23(28)25-9-10-26-11-13-27(14-12-26)17-19-5-3-2-4-6-19/h2-8,15H,9-14,17-18H2,1H3,(H,25,28). The minimum absolute atomic E-state index is 0.0902. The number of ether oxygens (including phenoxy) is 2. The van der Waals surface area contributed by atoms with Crippen molar-refractivity contribution in [1.82, 2.24) is 15.1 Å². The van der Waals surface area contributed by atoms with E-state index in [1.54, 1.807) is 18.2 Å². The first-order chi connectivity index (χ1) is 14.7. The van der Waals surface area contributed by atoms with Crippen LogP contribution in [0.25, 0.3) is 0 Å². The number of nitrogens with one attached hydrogen (secondary N) is 1. The molecule has 0 bridgehead atoms. The SMILES string of the molecule is COc1cc(C#N)ccc1OCC(=O)NCCN1CCN(Cc2ccccc2)CC1. The minimum Gasteiger partial charge on any atom is -0.493 e. The molecule has 3 rings (SSSR count).